The summed E-state index contributed by atoms with van der Waals surface area (Å²) in [7, 11) is 0. The molecule has 0 aromatic carbocycles. The third-order valence-electron chi connectivity index (χ3n) is 4.00. The van der Waals surface area contributed by atoms with Crippen LogP contribution in [-0.4, -0.2) is 35.3 Å². The van der Waals surface area contributed by atoms with Gasteiger partial charge in [-0.05, 0) is 24.2 Å². The fourth-order valence-corrected chi connectivity index (χ4v) is 2.70. The Labute approximate surface area is 123 Å². The summed E-state index contributed by atoms with van der Waals surface area (Å²) < 4.78 is 0. The molecule has 0 radical (unpaired) electrons. The lowest BCUT2D eigenvalue weighted by molar-refractivity contribution is -0.152. The smallest absolute Gasteiger partial charge is 0.246 e. The summed E-state index contributed by atoms with van der Waals surface area (Å²) >= 11 is 0. The van der Waals surface area contributed by atoms with Gasteiger partial charge < -0.3 is 10.2 Å². The summed E-state index contributed by atoms with van der Waals surface area (Å²) in [5.41, 5.74) is 0. The van der Waals surface area contributed by atoms with Crippen LogP contribution in [0.1, 0.15) is 54.4 Å². The van der Waals surface area contributed by atoms with Gasteiger partial charge in [0, 0.05) is 6.54 Å². The minimum absolute atomic E-state index is 0.0178. The first kappa shape index (κ1) is 17.0. The summed E-state index contributed by atoms with van der Waals surface area (Å²) in [5.74, 6) is 1.06. The average molecular weight is 282 g/mol. The van der Waals surface area contributed by atoms with Crippen LogP contribution in [0.5, 0.6) is 0 Å². The zero-order valence-electron chi connectivity index (χ0n) is 13.8. The fourth-order valence-electron chi connectivity index (χ4n) is 2.70. The van der Waals surface area contributed by atoms with Crippen molar-refractivity contribution in [2.75, 3.05) is 6.54 Å². The third-order valence-corrected chi connectivity index (χ3v) is 4.00. The number of nitrogens with zero attached hydrogens (tertiary/aromatic N) is 1. The summed E-state index contributed by atoms with van der Waals surface area (Å²) in [6.07, 6.45) is 1.62. The van der Waals surface area contributed by atoms with Gasteiger partial charge in [0.05, 0.1) is 0 Å². The lowest BCUT2D eigenvalue weighted by atomic mass is 9.91. The summed E-state index contributed by atoms with van der Waals surface area (Å²) in [4.78, 5) is 26.9. The molecule has 3 atom stereocenters. The Morgan fingerprint density at radius 3 is 2.15 bits per heavy atom. The van der Waals surface area contributed by atoms with Gasteiger partial charge in [-0.1, -0.05) is 48.0 Å². The van der Waals surface area contributed by atoms with Crippen LogP contribution in [0.3, 0.4) is 0 Å². The molecule has 0 aliphatic carbocycles. The second-order valence-corrected chi connectivity index (χ2v) is 6.90. The number of rotatable bonds is 6. The van der Waals surface area contributed by atoms with Crippen LogP contribution in [0.25, 0.3) is 0 Å². The van der Waals surface area contributed by atoms with Crippen LogP contribution in [-0.2, 0) is 9.59 Å². The minimum atomic E-state index is -0.352. The molecule has 116 valence electrons. The fraction of sp³-hybridized carbons (Fsp3) is 0.875. The van der Waals surface area contributed by atoms with Gasteiger partial charge >= 0.3 is 0 Å². The second-order valence-electron chi connectivity index (χ2n) is 6.90. The van der Waals surface area contributed by atoms with Crippen molar-refractivity contribution in [1.29, 1.82) is 0 Å². The first-order valence-corrected chi connectivity index (χ1v) is 7.88. The zero-order chi connectivity index (χ0) is 15.4. The molecule has 0 bridgehead atoms. The van der Waals surface area contributed by atoms with E-state index < -0.39 is 0 Å². The molecule has 0 saturated carbocycles. The molecule has 1 aliphatic rings. The number of carbonyl (C=O) groups excluding carboxylic acids is 2. The molecule has 20 heavy (non-hydrogen) atoms. The normalized spacial score (nSPS) is 25.3. The maximum Gasteiger partial charge on any atom is 0.246 e. The highest BCUT2D eigenvalue weighted by molar-refractivity contribution is 5.97. The molecule has 1 heterocycles. The van der Waals surface area contributed by atoms with Crippen LogP contribution in [0.15, 0.2) is 0 Å². The van der Waals surface area contributed by atoms with Crippen LogP contribution >= 0.6 is 0 Å². The highest BCUT2D eigenvalue weighted by Crippen LogP contribution is 2.22. The molecule has 4 heteroatoms. The number of carbonyl (C=O) groups is 2. The Bertz CT molecular complexity index is 352. The van der Waals surface area contributed by atoms with Gasteiger partial charge in [-0.2, -0.15) is 0 Å². The highest BCUT2D eigenvalue weighted by Gasteiger charge is 2.42. The lowest BCUT2D eigenvalue weighted by Crippen LogP contribution is -2.65. The average Bonchev–Trinajstić information content (AvgIpc) is 2.36. The monoisotopic (exact) mass is 282 g/mol. The van der Waals surface area contributed by atoms with Gasteiger partial charge in [0.1, 0.15) is 12.1 Å². The van der Waals surface area contributed by atoms with E-state index in [-0.39, 0.29) is 29.8 Å². The maximum absolute atomic E-state index is 12.7. The molecule has 1 aliphatic heterocycles. The number of piperazine rings is 1. The van der Waals surface area contributed by atoms with E-state index in [0.29, 0.717) is 18.4 Å². The Morgan fingerprint density at radius 1 is 1.10 bits per heavy atom. The predicted molar refractivity (Wildman–Crippen MR) is 81.2 cm³/mol. The van der Waals surface area contributed by atoms with E-state index in [2.05, 4.69) is 39.9 Å². The standard InChI is InChI=1S/C16H30N2O2/c1-7-12(6)14-16(20)18(9-11(4)5)13(8-10(2)3)15(19)17-14/h10-14H,7-9H2,1-6H3,(H,17,19). The second kappa shape index (κ2) is 7.09. The molecule has 1 N–H and O–H groups in total. The van der Waals surface area contributed by atoms with Gasteiger partial charge in [0.25, 0.3) is 0 Å². The molecule has 0 spiro atoms. The third kappa shape index (κ3) is 3.97. The van der Waals surface area contributed by atoms with E-state index >= 15 is 0 Å². The molecule has 1 fully saturated rings. The van der Waals surface area contributed by atoms with E-state index in [4.69, 9.17) is 0 Å². The van der Waals surface area contributed by atoms with Gasteiger partial charge in [-0.3, -0.25) is 9.59 Å². The van der Waals surface area contributed by atoms with Crippen molar-refractivity contribution in [2.24, 2.45) is 17.8 Å². The van der Waals surface area contributed by atoms with Crippen molar-refractivity contribution in [3.63, 3.8) is 0 Å². The largest absolute Gasteiger partial charge is 0.342 e. The SMILES string of the molecule is CCC(C)C1NC(=O)C(CC(C)C)N(CC(C)C)C1=O. The summed E-state index contributed by atoms with van der Waals surface area (Å²) in [6.45, 7) is 13.1. The van der Waals surface area contributed by atoms with E-state index in [0.717, 1.165) is 12.8 Å². The first-order chi connectivity index (χ1) is 9.27. The van der Waals surface area contributed by atoms with Crippen molar-refractivity contribution in [3.05, 3.63) is 0 Å². The van der Waals surface area contributed by atoms with Crippen LogP contribution in [0.4, 0.5) is 0 Å². The maximum atomic E-state index is 12.7. The van der Waals surface area contributed by atoms with Crippen molar-refractivity contribution >= 4 is 11.8 Å². The van der Waals surface area contributed by atoms with E-state index in [9.17, 15) is 9.59 Å². The summed E-state index contributed by atoms with van der Waals surface area (Å²) in [5, 5.41) is 2.95. The number of nitrogens with one attached hydrogen (secondary N) is 1. The predicted octanol–water partition coefficient (Wildman–Crippen LogP) is 2.43. The molecular weight excluding hydrogens is 252 g/mol. The summed E-state index contributed by atoms with van der Waals surface area (Å²) in [6, 6.07) is -0.653. The first-order valence-electron chi connectivity index (χ1n) is 7.88. The van der Waals surface area contributed by atoms with Crippen LogP contribution in [0, 0.1) is 17.8 Å². The van der Waals surface area contributed by atoms with Gasteiger partial charge in [0.15, 0.2) is 0 Å². The molecular formula is C16H30N2O2. The number of hydrogen-bond acceptors (Lipinski definition) is 2. The Morgan fingerprint density at radius 2 is 1.70 bits per heavy atom. The minimum Gasteiger partial charge on any atom is -0.342 e. The Balaban J connectivity index is 2.97. The van der Waals surface area contributed by atoms with Crippen molar-refractivity contribution in [1.82, 2.24) is 10.2 Å². The van der Waals surface area contributed by atoms with Crippen LogP contribution < -0.4 is 5.32 Å². The molecule has 0 aromatic heterocycles. The molecule has 4 nitrogen and oxygen atoms in total. The van der Waals surface area contributed by atoms with E-state index in [1.165, 1.54) is 0 Å². The molecule has 0 aromatic rings. The van der Waals surface area contributed by atoms with Gasteiger partial charge in [-0.25, -0.2) is 0 Å². The Hall–Kier alpha value is -1.06. The topological polar surface area (TPSA) is 49.4 Å². The van der Waals surface area contributed by atoms with Crippen LogP contribution in [0.2, 0.25) is 0 Å². The van der Waals surface area contributed by atoms with E-state index in [1.54, 1.807) is 0 Å². The molecule has 3 unspecified atom stereocenters. The van der Waals surface area contributed by atoms with Crippen molar-refractivity contribution in [3.8, 4) is 0 Å². The van der Waals surface area contributed by atoms with Gasteiger partial charge in [-0.15, -0.1) is 0 Å². The number of hydrogen-bond donors (Lipinski definition) is 1. The lowest BCUT2D eigenvalue weighted by Gasteiger charge is -2.42. The number of amides is 2. The molecule has 1 rings (SSSR count). The molecule has 1 saturated heterocycles. The highest BCUT2D eigenvalue weighted by atomic mass is 16.2. The molecule has 2 amide bonds. The van der Waals surface area contributed by atoms with Crippen molar-refractivity contribution < 1.29 is 9.59 Å². The van der Waals surface area contributed by atoms with Gasteiger partial charge in [0.2, 0.25) is 11.8 Å². The van der Waals surface area contributed by atoms with E-state index in [1.807, 2.05) is 11.8 Å². The van der Waals surface area contributed by atoms with Crippen molar-refractivity contribution in [2.45, 2.75) is 66.5 Å². The quantitative estimate of drug-likeness (QED) is 0.813. The zero-order valence-corrected chi connectivity index (χ0v) is 13.8. The Kier molecular flexibility index (Phi) is 6.03.